The monoisotopic (exact) mass is 408 g/mol. The van der Waals surface area contributed by atoms with E-state index in [4.69, 9.17) is 32.8 Å². The minimum Gasteiger partial charge on any atom is -0.495 e. The Morgan fingerprint density at radius 2 is 1.69 bits per heavy atom. The number of benzene rings is 2. The third-order valence-corrected chi connectivity index (χ3v) is 5.32. The molecule has 4 aromatic rings. The normalized spacial score (nSPS) is 11.2. The van der Waals surface area contributed by atoms with Crippen molar-refractivity contribution in [2.75, 3.05) is 18.6 Å². The minimum absolute atomic E-state index is 0.0888. The van der Waals surface area contributed by atoms with Gasteiger partial charge in [0.1, 0.15) is 17.4 Å². The van der Waals surface area contributed by atoms with E-state index in [-0.39, 0.29) is 11.8 Å². The molecule has 0 aliphatic rings. The first kappa shape index (κ1) is 19.0. The maximum atomic E-state index is 6.35. The standard InChI is InChI=1S/C21H21ClN6O/c1-10-7-15-16(8-11(10)2)28(12(3)25-15)20-18(19(23)26-21(24)27-20)13-5-6-17(29-4)14(22)9-13/h5-9H,1-4H3,(H4,23,24,26,27). The van der Waals surface area contributed by atoms with E-state index in [1.807, 2.05) is 17.6 Å². The van der Waals surface area contributed by atoms with Crippen molar-refractivity contribution in [3.8, 4) is 22.7 Å². The Balaban J connectivity index is 2.06. The molecule has 2 aromatic carbocycles. The second-order valence-corrected chi connectivity index (χ2v) is 7.34. The summed E-state index contributed by atoms with van der Waals surface area (Å²) in [7, 11) is 1.57. The Labute approximate surface area is 173 Å². The van der Waals surface area contributed by atoms with Gasteiger partial charge in [-0.3, -0.25) is 4.57 Å². The number of halogens is 1. The van der Waals surface area contributed by atoms with Crippen molar-refractivity contribution in [3.63, 3.8) is 0 Å². The minimum atomic E-state index is 0.0888. The van der Waals surface area contributed by atoms with E-state index >= 15 is 0 Å². The number of ether oxygens (including phenoxy) is 1. The summed E-state index contributed by atoms with van der Waals surface area (Å²) in [6.45, 7) is 6.05. The number of hydrogen-bond donors (Lipinski definition) is 2. The summed E-state index contributed by atoms with van der Waals surface area (Å²) in [5.74, 6) is 2.25. The molecular weight excluding hydrogens is 388 g/mol. The van der Waals surface area contributed by atoms with Crippen LogP contribution in [0.5, 0.6) is 5.75 Å². The number of imidazole rings is 1. The average Bonchev–Trinajstić information content (AvgIpc) is 2.96. The van der Waals surface area contributed by atoms with E-state index in [1.54, 1.807) is 19.2 Å². The summed E-state index contributed by atoms with van der Waals surface area (Å²) in [6, 6.07) is 9.57. The lowest BCUT2D eigenvalue weighted by Gasteiger charge is -2.16. The zero-order valence-electron chi connectivity index (χ0n) is 16.6. The second kappa shape index (κ2) is 6.93. The van der Waals surface area contributed by atoms with E-state index in [0.717, 1.165) is 28.0 Å². The zero-order valence-corrected chi connectivity index (χ0v) is 17.4. The molecule has 2 aromatic heterocycles. The van der Waals surface area contributed by atoms with Crippen LogP contribution in [0.1, 0.15) is 17.0 Å². The molecule has 0 fully saturated rings. The van der Waals surface area contributed by atoms with Gasteiger partial charge < -0.3 is 16.2 Å². The topological polar surface area (TPSA) is 105 Å². The first-order chi connectivity index (χ1) is 13.8. The van der Waals surface area contributed by atoms with Gasteiger partial charge in [0, 0.05) is 0 Å². The van der Waals surface area contributed by atoms with Gasteiger partial charge in [-0.2, -0.15) is 9.97 Å². The Morgan fingerprint density at radius 3 is 2.38 bits per heavy atom. The highest BCUT2D eigenvalue weighted by atomic mass is 35.5. The number of nitrogen functional groups attached to an aromatic ring is 2. The highest BCUT2D eigenvalue weighted by Gasteiger charge is 2.20. The summed E-state index contributed by atoms with van der Waals surface area (Å²) in [5.41, 5.74) is 17.8. The van der Waals surface area contributed by atoms with Gasteiger partial charge in [-0.05, 0) is 61.7 Å². The van der Waals surface area contributed by atoms with Crippen LogP contribution in [0.2, 0.25) is 5.02 Å². The van der Waals surface area contributed by atoms with Crippen molar-refractivity contribution in [2.24, 2.45) is 0 Å². The van der Waals surface area contributed by atoms with Gasteiger partial charge >= 0.3 is 0 Å². The molecule has 4 rings (SSSR count). The number of nitrogens with two attached hydrogens (primary N) is 2. The molecule has 4 N–H and O–H groups in total. The van der Waals surface area contributed by atoms with Gasteiger partial charge in [0.15, 0.2) is 5.82 Å². The lowest BCUT2D eigenvalue weighted by atomic mass is 10.1. The fourth-order valence-corrected chi connectivity index (χ4v) is 3.72. The number of hydrogen-bond acceptors (Lipinski definition) is 6. The van der Waals surface area contributed by atoms with Crippen molar-refractivity contribution >= 4 is 34.4 Å². The first-order valence-corrected chi connectivity index (χ1v) is 9.41. The summed E-state index contributed by atoms with van der Waals surface area (Å²) < 4.78 is 7.21. The van der Waals surface area contributed by atoms with E-state index in [9.17, 15) is 0 Å². The molecule has 7 nitrogen and oxygen atoms in total. The molecule has 0 amide bonds. The molecule has 0 bridgehead atoms. The van der Waals surface area contributed by atoms with Gasteiger partial charge in [0.05, 0.1) is 28.7 Å². The third-order valence-electron chi connectivity index (χ3n) is 5.03. The van der Waals surface area contributed by atoms with E-state index < -0.39 is 0 Å². The van der Waals surface area contributed by atoms with E-state index in [2.05, 4.69) is 35.9 Å². The van der Waals surface area contributed by atoms with Gasteiger partial charge in [-0.1, -0.05) is 17.7 Å². The fraction of sp³-hybridized carbons (Fsp3) is 0.190. The first-order valence-electron chi connectivity index (χ1n) is 9.03. The number of fused-ring (bicyclic) bond motifs is 1. The molecule has 0 aliphatic carbocycles. The highest BCUT2D eigenvalue weighted by molar-refractivity contribution is 6.32. The summed E-state index contributed by atoms with van der Waals surface area (Å²) in [4.78, 5) is 13.4. The predicted octanol–water partition coefficient (Wildman–Crippen LogP) is 4.23. The molecule has 0 spiro atoms. The van der Waals surface area contributed by atoms with Gasteiger partial charge in [-0.25, -0.2) is 4.98 Å². The molecule has 148 valence electrons. The van der Waals surface area contributed by atoms with Gasteiger partial charge in [0.25, 0.3) is 0 Å². The van der Waals surface area contributed by atoms with Crippen molar-refractivity contribution in [2.45, 2.75) is 20.8 Å². The van der Waals surface area contributed by atoms with Crippen LogP contribution in [0.15, 0.2) is 30.3 Å². The molecule has 29 heavy (non-hydrogen) atoms. The average molecular weight is 409 g/mol. The largest absolute Gasteiger partial charge is 0.495 e. The van der Waals surface area contributed by atoms with Crippen LogP contribution in [0, 0.1) is 20.8 Å². The molecule has 0 radical (unpaired) electrons. The Morgan fingerprint density at radius 1 is 0.966 bits per heavy atom. The van der Waals surface area contributed by atoms with Crippen molar-refractivity contribution in [1.29, 1.82) is 0 Å². The van der Waals surface area contributed by atoms with Crippen LogP contribution < -0.4 is 16.2 Å². The van der Waals surface area contributed by atoms with Gasteiger partial charge in [-0.15, -0.1) is 0 Å². The maximum Gasteiger partial charge on any atom is 0.224 e. The van der Waals surface area contributed by atoms with Crippen LogP contribution in [0.25, 0.3) is 28.0 Å². The number of anilines is 2. The van der Waals surface area contributed by atoms with E-state index in [0.29, 0.717) is 22.2 Å². The molecule has 0 aliphatic heterocycles. The summed E-state index contributed by atoms with van der Waals surface area (Å²) >= 11 is 6.35. The third kappa shape index (κ3) is 3.13. The molecular formula is C21H21ClN6O. The second-order valence-electron chi connectivity index (χ2n) is 6.93. The summed E-state index contributed by atoms with van der Waals surface area (Å²) in [6.07, 6.45) is 0. The van der Waals surface area contributed by atoms with Crippen molar-refractivity contribution in [3.05, 3.63) is 52.3 Å². The smallest absolute Gasteiger partial charge is 0.224 e. The van der Waals surface area contributed by atoms with Crippen LogP contribution in [-0.4, -0.2) is 26.6 Å². The van der Waals surface area contributed by atoms with Crippen LogP contribution in [0.4, 0.5) is 11.8 Å². The quantitative estimate of drug-likeness (QED) is 0.525. The lowest BCUT2D eigenvalue weighted by molar-refractivity contribution is 0.415. The molecule has 2 heterocycles. The molecule has 0 atom stereocenters. The highest BCUT2D eigenvalue weighted by Crippen LogP contribution is 2.37. The van der Waals surface area contributed by atoms with E-state index in [1.165, 1.54) is 5.56 Å². The number of aryl methyl sites for hydroxylation is 3. The molecule has 0 saturated heterocycles. The molecule has 0 unspecified atom stereocenters. The number of nitrogens with zero attached hydrogens (tertiary/aromatic N) is 4. The summed E-state index contributed by atoms with van der Waals surface area (Å²) in [5, 5.41) is 0.464. The van der Waals surface area contributed by atoms with Crippen LogP contribution >= 0.6 is 11.6 Å². The number of rotatable bonds is 3. The van der Waals surface area contributed by atoms with Gasteiger partial charge in [0.2, 0.25) is 5.95 Å². The predicted molar refractivity (Wildman–Crippen MR) is 117 cm³/mol. The Bertz CT molecular complexity index is 1260. The van der Waals surface area contributed by atoms with Crippen molar-refractivity contribution in [1.82, 2.24) is 19.5 Å². The lowest BCUT2D eigenvalue weighted by Crippen LogP contribution is -2.10. The Kier molecular flexibility index (Phi) is 4.55. The van der Waals surface area contributed by atoms with Crippen molar-refractivity contribution < 1.29 is 4.74 Å². The maximum absolute atomic E-state index is 6.35. The number of aromatic nitrogens is 4. The SMILES string of the molecule is COc1ccc(-c2c(N)nc(N)nc2-n2c(C)nc3cc(C)c(C)cc32)cc1Cl. The number of methoxy groups -OCH3 is 1. The zero-order chi connectivity index (χ0) is 20.9. The molecule has 8 heteroatoms. The molecule has 0 saturated carbocycles. The Hall–Kier alpha value is -3.32. The van der Waals surface area contributed by atoms with Crippen LogP contribution in [0.3, 0.4) is 0 Å². The fourth-order valence-electron chi connectivity index (χ4n) is 3.46. The van der Waals surface area contributed by atoms with Crippen LogP contribution in [-0.2, 0) is 0 Å².